The van der Waals surface area contributed by atoms with Crippen molar-refractivity contribution in [2.75, 3.05) is 0 Å². The van der Waals surface area contributed by atoms with Crippen LogP contribution in [0.3, 0.4) is 0 Å². The van der Waals surface area contributed by atoms with E-state index in [4.69, 9.17) is 10.4 Å². The molecule has 1 rings (SSSR count). The summed E-state index contributed by atoms with van der Waals surface area (Å²) in [5, 5.41) is 16.9. The maximum atomic E-state index is 10.6. The summed E-state index contributed by atoms with van der Waals surface area (Å²) in [5.74, 6) is -0.984. The van der Waals surface area contributed by atoms with Gasteiger partial charge < -0.3 is 5.11 Å². The highest BCUT2D eigenvalue weighted by Crippen LogP contribution is 2.03. The zero-order chi connectivity index (χ0) is 10.4. The first kappa shape index (κ1) is 9.93. The minimum absolute atomic E-state index is 0.191. The summed E-state index contributed by atoms with van der Waals surface area (Å²) >= 11 is 0. The monoisotopic (exact) mass is 188 g/mol. The third-order valence-electron chi connectivity index (χ3n) is 1.53. The number of carboxylic acid groups (broad SMARTS) is 1. The molecule has 1 heterocycles. The minimum Gasteiger partial charge on any atom is -0.478 e. The number of aromatic carboxylic acids is 1. The lowest BCUT2D eigenvalue weighted by Gasteiger charge is -1.94. The highest BCUT2D eigenvalue weighted by atomic mass is 16.4. The van der Waals surface area contributed by atoms with Crippen molar-refractivity contribution < 1.29 is 9.90 Å². The number of pyridine rings is 1. The van der Waals surface area contributed by atoms with E-state index in [1.807, 2.05) is 6.07 Å². The number of aromatic nitrogens is 1. The molecule has 0 saturated carbocycles. The minimum atomic E-state index is -0.984. The first-order valence-corrected chi connectivity index (χ1v) is 3.97. The summed E-state index contributed by atoms with van der Waals surface area (Å²) in [7, 11) is 0. The molecule has 0 aliphatic carbocycles. The second-order valence-corrected chi connectivity index (χ2v) is 2.54. The molecule has 4 nitrogen and oxygen atoms in total. The number of carboxylic acids is 1. The number of nitriles is 1. The van der Waals surface area contributed by atoms with E-state index in [0.717, 1.165) is 0 Å². The molecule has 1 aromatic rings. The van der Waals surface area contributed by atoms with E-state index in [-0.39, 0.29) is 5.56 Å². The Morgan fingerprint density at radius 1 is 1.71 bits per heavy atom. The number of carbonyl (C=O) groups is 1. The molecule has 70 valence electrons. The SMILES string of the molecule is N#CCC=Cc1cc(C(=O)O)ccn1. The molecule has 14 heavy (non-hydrogen) atoms. The van der Waals surface area contributed by atoms with Crippen LogP contribution in [0.5, 0.6) is 0 Å². The van der Waals surface area contributed by atoms with Crippen molar-refractivity contribution in [3.8, 4) is 6.07 Å². The zero-order valence-electron chi connectivity index (χ0n) is 7.34. The molecule has 0 spiro atoms. The number of allylic oxidation sites excluding steroid dienone is 1. The molecule has 1 aromatic heterocycles. The molecule has 0 fully saturated rings. The van der Waals surface area contributed by atoms with Gasteiger partial charge in [0.05, 0.1) is 23.7 Å². The molecule has 0 radical (unpaired) electrons. The quantitative estimate of drug-likeness (QED) is 0.783. The van der Waals surface area contributed by atoms with Crippen LogP contribution in [-0.4, -0.2) is 16.1 Å². The lowest BCUT2D eigenvalue weighted by molar-refractivity contribution is 0.0696. The van der Waals surface area contributed by atoms with Crippen LogP contribution in [0.25, 0.3) is 6.08 Å². The number of hydrogen-bond donors (Lipinski definition) is 1. The van der Waals surface area contributed by atoms with Crippen LogP contribution in [0, 0.1) is 11.3 Å². The molecule has 4 heteroatoms. The van der Waals surface area contributed by atoms with Crippen molar-refractivity contribution >= 4 is 12.0 Å². The third kappa shape index (κ3) is 2.72. The first-order chi connectivity index (χ1) is 6.74. The van der Waals surface area contributed by atoms with Crippen molar-refractivity contribution in [2.45, 2.75) is 6.42 Å². The van der Waals surface area contributed by atoms with Crippen LogP contribution in [0.4, 0.5) is 0 Å². The molecular formula is C10H8N2O2. The molecule has 0 saturated heterocycles. The fraction of sp³-hybridized carbons (Fsp3) is 0.100. The molecule has 1 N–H and O–H groups in total. The van der Waals surface area contributed by atoms with E-state index < -0.39 is 5.97 Å². The topological polar surface area (TPSA) is 74.0 Å². The molecule has 0 bridgehead atoms. The van der Waals surface area contributed by atoms with Crippen LogP contribution in [0.2, 0.25) is 0 Å². The lowest BCUT2D eigenvalue weighted by Crippen LogP contribution is -1.96. The summed E-state index contributed by atoms with van der Waals surface area (Å²) in [6.45, 7) is 0. The maximum Gasteiger partial charge on any atom is 0.335 e. The largest absolute Gasteiger partial charge is 0.478 e. The maximum absolute atomic E-state index is 10.6. The second kappa shape index (κ2) is 4.77. The second-order valence-electron chi connectivity index (χ2n) is 2.54. The van der Waals surface area contributed by atoms with Gasteiger partial charge in [-0.2, -0.15) is 5.26 Å². The van der Waals surface area contributed by atoms with Crippen molar-refractivity contribution in [3.05, 3.63) is 35.7 Å². The van der Waals surface area contributed by atoms with E-state index >= 15 is 0 Å². The fourth-order valence-electron chi connectivity index (χ4n) is 0.905. The summed E-state index contributed by atoms with van der Waals surface area (Å²) < 4.78 is 0. The molecule has 0 atom stereocenters. The Labute approximate surface area is 81.1 Å². The standard InChI is InChI=1S/C10H8N2O2/c11-5-2-1-3-9-7-8(10(13)14)4-6-12-9/h1,3-4,6-7H,2H2,(H,13,14). The predicted octanol–water partition coefficient (Wildman–Crippen LogP) is 1.71. The van der Waals surface area contributed by atoms with Gasteiger partial charge in [0.15, 0.2) is 0 Å². The molecule has 0 amide bonds. The highest BCUT2D eigenvalue weighted by Gasteiger charge is 2.01. The van der Waals surface area contributed by atoms with Crippen molar-refractivity contribution in [1.29, 1.82) is 5.26 Å². The molecule has 0 unspecified atom stereocenters. The Kier molecular flexibility index (Phi) is 3.39. The first-order valence-electron chi connectivity index (χ1n) is 3.97. The average molecular weight is 188 g/mol. The smallest absolute Gasteiger partial charge is 0.335 e. The van der Waals surface area contributed by atoms with Gasteiger partial charge in [0.1, 0.15) is 0 Å². The van der Waals surface area contributed by atoms with E-state index in [1.165, 1.54) is 18.3 Å². The fourth-order valence-corrected chi connectivity index (χ4v) is 0.905. The molecule has 0 aromatic carbocycles. The number of hydrogen-bond acceptors (Lipinski definition) is 3. The van der Waals surface area contributed by atoms with Gasteiger partial charge in [-0.1, -0.05) is 6.08 Å². The van der Waals surface area contributed by atoms with Crippen molar-refractivity contribution in [1.82, 2.24) is 4.98 Å². The molecule has 0 aliphatic heterocycles. The predicted molar refractivity (Wildman–Crippen MR) is 50.5 cm³/mol. The molecular weight excluding hydrogens is 180 g/mol. The Morgan fingerprint density at radius 2 is 2.50 bits per heavy atom. The number of rotatable bonds is 3. The van der Waals surface area contributed by atoms with Gasteiger partial charge >= 0.3 is 5.97 Å². The lowest BCUT2D eigenvalue weighted by atomic mass is 10.2. The van der Waals surface area contributed by atoms with Crippen molar-refractivity contribution in [2.24, 2.45) is 0 Å². The van der Waals surface area contributed by atoms with Gasteiger partial charge in [-0.15, -0.1) is 0 Å². The van der Waals surface area contributed by atoms with Crippen LogP contribution in [0.15, 0.2) is 24.4 Å². The van der Waals surface area contributed by atoms with Gasteiger partial charge in [0.2, 0.25) is 0 Å². The Hall–Kier alpha value is -2.15. The van der Waals surface area contributed by atoms with Crippen LogP contribution >= 0.6 is 0 Å². The van der Waals surface area contributed by atoms with E-state index in [2.05, 4.69) is 4.98 Å². The van der Waals surface area contributed by atoms with Crippen LogP contribution in [0.1, 0.15) is 22.5 Å². The Balaban J connectivity index is 2.85. The van der Waals surface area contributed by atoms with E-state index in [9.17, 15) is 4.79 Å². The Morgan fingerprint density at radius 3 is 3.14 bits per heavy atom. The highest BCUT2D eigenvalue weighted by molar-refractivity contribution is 5.87. The Bertz CT molecular complexity index is 405. The van der Waals surface area contributed by atoms with Gasteiger partial charge in [0, 0.05) is 6.20 Å². The van der Waals surface area contributed by atoms with E-state index in [1.54, 1.807) is 12.2 Å². The molecule has 0 aliphatic rings. The number of nitrogens with zero attached hydrogens (tertiary/aromatic N) is 2. The summed E-state index contributed by atoms with van der Waals surface area (Å²) in [6, 6.07) is 4.82. The third-order valence-corrected chi connectivity index (χ3v) is 1.53. The van der Waals surface area contributed by atoms with E-state index in [0.29, 0.717) is 12.1 Å². The average Bonchev–Trinajstić information content (AvgIpc) is 2.19. The van der Waals surface area contributed by atoms with Crippen molar-refractivity contribution in [3.63, 3.8) is 0 Å². The van der Waals surface area contributed by atoms with Gasteiger partial charge in [-0.25, -0.2) is 4.79 Å². The van der Waals surface area contributed by atoms with Gasteiger partial charge in [-0.3, -0.25) is 4.98 Å². The van der Waals surface area contributed by atoms with Gasteiger partial charge in [-0.05, 0) is 18.2 Å². The normalized spacial score (nSPS) is 9.93. The van der Waals surface area contributed by atoms with Crippen LogP contribution in [-0.2, 0) is 0 Å². The van der Waals surface area contributed by atoms with Gasteiger partial charge in [0.25, 0.3) is 0 Å². The van der Waals surface area contributed by atoms with Crippen LogP contribution < -0.4 is 0 Å². The zero-order valence-corrected chi connectivity index (χ0v) is 7.34. The summed E-state index contributed by atoms with van der Waals surface area (Å²) in [5.41, 5.74) is 0.733. The summed E-state index contributed by atoms with van der Waals surface area (Å²) in [6.07, 6.45) is 4.97. The summed E-state index contributed by atoms with van der Waals surface area (Å²) in [4.78, 5) is 14.5.